The van der Waals surface area contributed by atoms with Crippen molar-refractivity contribution in [2.75, 3.05) is 21.3 Å². The summed E-state index contributed by atoms with van der Waals surface area (Å²) >= 11 is 5.98. The van der Waals surface area contributed by atoms with Crippen LogP contribution in [-0.4, -0.2) is 27.1 Å². The van der Waals surface area contributed by atoms with E-state index in [1.54, 1.807) is 36.4 Å². The molecule has 0 aliphatic carbocycles. The number of rotatable bonds is 5. The van der Waals surface area contributed by atoms with E-state index < -0.39 is 0 Å². The van der Waals surface area contributed by atoms with Crippen molar-refractivity contribution in [1.29, 1.82) is 0 Å². The summed E-state index contributed by atoms with van der Waals surface area (Å²) in [6.45, 7) is 0. The Balaban J connectivity index is 2.54. The van der Waals surface area contributed by atoms with Crippen molar-refractivity contribution in [2.24, 2.45) is 0 Å². The van der Waals surface area contributed by atoms with Gasteiger partial charge in [-0.05, 0) is 30.3 Å². The van der Waals surface area contributed by atoms with Gasteiger partial charge in [0, 0.05) is 5.56 Å². The number of benzene rings is 2. The zero-order valence-electron chi connectivity index (χ0n) is 12.0. The third-order valence-electron chi connectivity index (χ3n) is 3.07. The van der Waals surface area contributed by atoms with Gasteiger partial charge < -0.3 is 14.2 Å². The summed E-state index contributed by atoms with van der Waals surface area (Å²) in [6, 6.07) is 10.0. The lowest BCUT2D eigenvalue weighted by atomic mass is 10.0. The van der Waals surface area contributed by atoms with Crippen molar-refractivity contribution >= 4 is 17.4 Å². The SMILES string of the molecule is COc1cc(C(=O)c2c(OC)cccc2OC)ccc1Cl. The molecule has 110 valence electrons. The average Bonchev–Trinajstić information content (AvgIpc) is 2.53. The largest absolute Gasteiger partial charge is 0.496 e. The zero-order chi connectivity index (χ0) is 15.4. The second-order valence-corrected chi connectivity index (χ2v) is 4.62. The molecule has 0 aliphatic heterocycles. The second-order valence-electron chi connectivity index (χ2n) is 4.22. The van der Waals surface area contributed by atoms with Crippen LogP contribution in [0.5, 0.6) is 17.2 Å². The quantitative estimate of drug-likeness (QED) is 0.792. The van der Waals surface area contributed by atoms with E-state index >= 15 is 0 Å². The van der Waals surface area contributed by atoms with Crippen molar-refractivity contribution in [3.05, 3.63) is 52.5 Å². The van der Waals surface area contributed by atoms with Crippen LogP contribution in [0.25, 0.3) is 0 Å². The van der Waals surface area contributed by atoms with Gasteiger partial charge in [0.2, 0.25) is 5.78 Å². The summed E-state index contributed by atoms with van der Waals surface area (Å²) in [5, 5.41) is 0.445. The average molecular weight is 307 g/mol. The molecule has 5 heteroatoms. The Hall–Kier alpha value is -2.20. The van der Waals surface area contributed by atoms with Crippen molar-refractivity contribution in [2.45, 2.75) is 0 Å². The fraction of sp³-hybridized carbons (Fsp3) is 0.188. The highest BCUT2D eigenvalue weighted by molar-refractivity contribution is 6.32. The molecule has 0 spiro atoms. The van der Waals surface area contributed by atoms with E-state index in [1.165, 1.54) is 21.3 Å². The number of hydrogen-bond acceptors (Lipinski definition) is 4. The van der Waals surface area contributed by atoms with E-state index in [0.717, 1.165) is 0 Å². The molecule has 2 aromatic carbocycles. The van der Waals surface area contributed by atoms with Crippen LogP contribution in [0.15, 0.2) is 36.4 Å². The van der Waals surface area contributed by atoms with Crippen LogP contribution >= 0.6 is 11.6 Å². The van der Waals surface area contributed by atoms with Crippen LogP contribution < -0.4 is 14.2 Å². The number of carbonyl (C=O) groups is 1. The van der Waals surface area contributed by atoms with Crippen molar-refractivity contribution in [3.63, 3.8) is 0 Å². The summed E-state index contributed by atoms with van der Waals surface area (Å²) in [5.41, 5.74) is 0.811. The van der Waals surface area contributed by atoms with Gasteiger partial charge in [-0.25, -0.2) is 0 Å². The predicted molar refractivity (Wildman–Crippen MR) is 81.0 cm³/mol. The Bertz CT molecular complexity index is 645. The number of carbonyl (C=O) groups excluding carboxylic acids is 1. The van der Waals surface area contributed by atoms with Crippen molar-refractivity contribution < 1.29 is 19.0 Å². The van der Waals surface area contributed by atoms with E-state index in [9.17, 15) is 4.79 Å². The first-order valence-corrected chi connectivity index (χ1v) is 6.59. The molecular formula is C16H15ClO4. The maximum atomic E-state index is 12.7. The molecule has 0 fully saturated rings. The molecule has 2 rings (SSSR count). The fourth-order valence-corrected chi connectivity index (χ4v) is 2.22. The van der Waals surface area contributed by atoms with Crippen LogP contribution in [0.3, 0.4) is 0 Å². The molecule has 21 heavy (non-hydrogen) atoms. The van der Waals surface area contributed by atoms with Gasteiger partial charge in [0.1, 0.15) is 22.8 Å². The highest BCUT2D eigenvalue weighted by atomic mass is 35.5. The molecule has 0 aliphatic rings. The monoisotopic (exact) mass is 306 g/mol. The molecule has 0 heterocycles. The lowest BCUT2D eigenvalue weighted by Crippen LogP contribution is -2.06. The normalized spacial score (nSPS) is 10.1. The van der Waals surface area contributed by atoms with E-state index in [-0.39, 0.29) is 5.78 Å². The Kier molecular flexibility index (Phi) is 4.70. The van der Waals surface area contributed by atoms with E-state index in [4.69, 9.17) is 25.8 Å². The van der Waals surface area contributed by atoms with Gasteiger partial charge in [0.15, 0.2) is 0 Å². The minimum atomic E-state index is -0.223. The van der Waals surface area contributed by atoms with Crippen LogP contribution in [-0.2, 0) is 0 Å². The molecule has 0 aromatic heterocycles. The number of ketones is 1. The fourth-order valence-electron chi connectivity index (χ4n) is 2.02. The molecule has 0 radical (unpaired) electrons. The van der Waals surface area contributed by atoms with Gasteiger partial charge in [0.05, 0.1) is 26.4 Å². The highest BCUT2D eigenvalue weighted by Crippen LogP contribution is 2.32. The highest BCUT2D eigenvalue weighted by Gasteiger charge is 2.20. The van der Waals surface area contributed by atoms with Crippen molar-refractivity contribution in [3.8, 4) is 17.2 Å². The summed E-state index contributed by atoms with van der Waals surface area (Å²) in [4.78, 5) is 12.7. The summed E-state index contributed by atoms with van der Waals surface area (Å²) in [7, 11) is 4.52. The minimum absolute atomic E-state index is 0.223. The van der Waals surface area contributed by atoms with Crippen LogP contribution in [0.1, 0.15) is 15.9 Å². The van der Waals surface area contributed by atoms with Crippen LogP contribution in [0, 0.1) is 0 Å². The lowest BCUT2D eigenvalue weighted by Gasteiger charge is -2.12. The standard InChI is InChI=1S/C16H15ClO4/c1-19-12-5-4-6-13(20-2)15(12)16(18)10-7-8-11(17)14(9-10)21-3/h4-9H,1-3H3. The molecule has 0 saturated heterocycles. The molecule has 0 unspecified atom stereocenters. The maximum absolute atomic E-state index is 12.7. The lowest BCUT2D eigenvalue weighted by molar-refractivity contribution is 0.103. The number of ether oxygens (including phenoxy) is 3. The Morgan fingerprint density at radius 3 is 2.00 bits per heavy atom. The zero-order valence-corrected chi connectivity index (χ0v) is 12.7. The Morgan fingerprint density at radius 1 is 0.905 bits per heavy atom. The van der Waals surface area contributed by atoms with E-state index in [1.807, 2.05) is 0 Å². The first kappa shape index (κ1) is 15.2. The second kappa shape index (κ2) is 6.50. The van der Waals surface area contributed by atoms with E-state index in [2.05, 4.69) is 0 Å². The smallest absolute Gasteiger partial charge is 0.200 e. The molecule has 0 N–H and O–H groups in total. The third-order valence-corrected chi connectivity index (χ3v) is 3.38. The van der Waals surface area contributed by atoms with Crippen LogP contribution in [0.2, 0.25) is 5.02 Å². The number of methoxy groups -OCH3 is 3. The molecule has 0 atom stereocenters. The van der Waals surface area contributed by atoms with Gasteiger partial charge >= 0.3 is 0 Å². The van der Waals surface area contributed by atoms with Gasteiger partial charge in [-0.1, -0.05) is 17.7 Å². The summed E-state index contributed by atoms with van der Waals surface area (Å²) in [5.74, 6) is 1.12. The molecule has 2 aromatic rings. The van der Waals surface area contributed by atoms with Gasteiger partial charge in [0.25, 0.3) is 0 Å². The van der Waals surface area contributed by atoms with Gasteiger partial charge in [-0.2, -0.15) is 0 Å². The Morgan fingerprint density at radius 2 is 1.48 bits per heavy atom. The summed E-state index contributed by atoms with van der Waals surface area (Å²) in [6.07, 6.45) is 0. The third kappa shape index (κ3) is 2.95. The molecular weight excluding hydrogens is 292 g/mol. The predicted octanol–water partition coefficient (Wildman–Crippen LogP) is 3.60. The van der Waals surface area contributed by atoms with Gasteiger partial charge in [-0.3, -0.25) is 4.79 Å². The molecule has 0 bridgehead atoms. The maximum Gasteiger partial charge on any atom is 0.200 e. The topological polar surface area (TPSA) is 44.8 Å². The van der Waals surface area contributed by atoms with Gasteiger partial charge in [-0.15, -0.1) is 0 Å². The first-order valence-electron chi connectivity index (χ1n) is 6.21. The molecule has 0 amide bonds. The number of halogens is 1. The molecule has 0 saturated carbocycles. The molecule has 4 nitrogen and oxygen atoms in total. The first-order chi connectivity index (χ1) is 10.1. The summed E-state index contributed by atoms with van der Waals surface area (Å²) < 4.78 is 15.6. The minimum Gasteiger partial charge on any atom is -0.496 e. The van der Waals surface area contributed by atoms with Crippen LogP contribution in [0.4, 0.5) is 0 Å². The number of hydrogen-bond donors (Lipinski definition) is 0. The Labute approximate surface area is 128 Å². The van der Waals surface area contributed by atoms with Crippen molar-refractivity contribution in [1.82, 2.24) is 0 Å². The van der Waals surface area contributed by atoms with E-state index in [0.29, 0.717) is 33.4 Å².